The van der Waals surface area contributed by atoms with Gasteiger partial charge in [-0.1, -0.05) is 12.1 Å². The number of aliphatic imine (C=N–C) groups is 1. The van der Waals surface area contributed by atoms with Crippen LogP contribution in [-0.2, 0) is 19.4 Å². The molecule has 0 unspecified atom stereocenters. The number of ether oxygens (including phenoxy) is 1. The second-order valence-electron chi connectivity index (χ2n) is 5.97. The fraction of sp³-hybridized carbons (Fsp3) is 0.316. The Balaban J connectivity index is 1.73. The highest BCUT2D eigenvalue weighted by atomic mass is 16.5. The summed E-state index contributed by atoms with van der Waals surface area (Å²) in [5.74, 6) is 1.21. The van der Waals surface area contributed by atoms with Crippen LogP contribution < -0.4 is 15.8 Å². The maximum Gasteiger partial charge on any atom is 0.193 e. The maximum absolute atomic E-state index is 9.91. The van der Waals surface area contributed by atoms with Gasteiger partial charge in [0.1, 0.15) is 11.5 Å². The Bertz CT molecular complexity index is 756. The number of fused-ring (bicyclic) bond motifs is 1. The van der Waals surface area contributed by atoms with Crippen LogP contribution in [0.4, 0.5) is 5.69 Å². The molecular formula is C19H23N3O2. The summed E-state index contributed by atoms with van der Waals surface area (Å²) < 4.78 is 5.17. The molecule has 5 nitrogen and oxygen atoms in total. The van der Waals surface area contributed by atoms with Gasteiger partial charge in [-0.25, -0.2) is 4.99 Å². The van der Waals surface area contributed by atoms with Crippen molar-refractivity contribution in [2.75, 3.05) is 12.4 Å². The maximum atomic E-state index is 9.91. The second kappa shape index (κ2) is 7.25. The van der Waals surface area contributed by atoms with Gasteiger partial charge in [0.05, 0.1) is 13.7 Å². The molecule has 0 spiro atoms. The molecule has 0 aliphatic heterocycles. The van der Waals surface area contributed by atoms with Gasteiger partial charge in [-0.05, 0) is 61.1 Å². The van der Waals surface area contributed by atoms with E-state index in [9.17, 15) is 5.11 Å². The van der Waals surface area contributed by atoms with Crippen LogP contribution in [0.1, 0.15) is 29.5 Å². The van der Waals surface area contributed by atoms with Gasteiger partial charge in [0.15, 0.2) is 5.96 Å². The topological polar surface area (TPSA) is 79.9 Å². The molecule has 24 heavy (non-hydrogen) atoms. The Morgan fingerprint density at radius 3 is 2.92 bits per heavy atom. The fourth-order valence-electron chi connectivity index (χ4n) is 3.06. The van der Waals surface area contributed by atoms with Gasteiger partial charge in [-0.3, -0.25) is 0 Å². The number of aryl methyl sites for hydroxylation is 1. The molecule has 4 N–H and O–H groups in total. The van der Waals surface area contributed by atoms with Crippen LogP contribution in [0.3, 0.4) is 0 Å². The van der Waals surface area contributed by atoms with Crippen LogP contribution in [-0.4, -0.2) is 18.2 Å². The Hall–Kier alpha value is -2.69. The van der Waals surface area contributed by atoms with E-state index in [-0.39, 0.29) is 12.3 Å². The van der Waals surface area contributed by atoms with Gasteiger partial charge in [0.25, 0.3) is 0 Å². The largest absolute Gasteiger partial charge is 0.508 e. The zero-order valence-corrected chi connectivity index (χ0v) is 13.9. The molecule has 0 heterocycles. The number of phenolic OH excluding ortho intramolecular Hbond substituents is 1. The normalized spacial score (nSPS) is 14.1. The molecule has 0 amide bonds. The Labute approximate surface area is 142 Å². The minimum absolute atomic E-state index is 0.185. The van der Waals surface area contributed by atoms with Crippen LogP contribution >= 0.6 is 0 Å². The monoisotopic (exact) mass is 325 g/mol. The van der Waals surface area contributed by atoms with Crippen LogP contribution in [0.2, 0.25) is 0 Å². The average molecular weight is 325 g/mol. The number of rotatable bonds is 4. The Morgan fingerprint density at radius 1 is 1.25 bits per heavy atom. The molecule has 2 aromatic rings. The molecule has 0 saturated heterocycles. The number of nitrogens with one attached hydrogen (secondary N) is 1. The fourth-order valence-corrected chi connectivity index (χ4v) is 3.06. The Morgan fingerprint density at radius 2 is 2.08 bits per heavy atom. The predicted molar refractivity (Wildman–Crippen MR) is 96.7 cm³/mol. The van der Waals surface area contributed by atoms with Gasteiger partial charge in [0.2, 0.25) is 0 Å². The number of aromatic hydroxyl groups is 1. The minimum atomic E-state index is 0.185. The summed E-state index contributed by atoms with van der Waals surface area (Å²) in [4.78, 5) is 4.34. The highest BCUT2D eigenvalue weighted by molar-refractivity contribution is 5.93. The lowest BCUT2D eigenvalue weighted by molar-refractivity contribution is 0.411. The first-order chi connectivity index (χ1) is 11.7. The number of hydrogen-bond donors (Lipinski definition) is 3. The highest BCUT2D eigenvalue weighted by Crippen LogP contribution is 2.28. The summed E-state index contributed by atoms with van der Waals surface area (Å²) in [7, 11) is 1.59. The lowest BCUT2D eigenvalue weighted by atomic mass is 9.90. The average Bonchev–Trinajstić information content (AvgIpc) is 2.61. The lowest BCUT2D eigenvalue weighted by Crippen LogP contribution is -2.24. The highest BCUT2D eigenvalue weighted by Gasteiger charge is 2.13. The SMILES string of the molecule is COc1ccc(O)c(CN=C(N)Nc2cccc3c2CCCC3)c1. The summed E-state index contributed by atoms with van der Waals surface area (Å²) in [5.41, 5.74) is 10.5. The number of anilines is 1. The molecule has 0 atom stereocenters. The van der Waals surface area contributed by atoms with E-state index in [4.69, 9.17) is 10.5 Å². The molecule has 5 heteroatoms. The molecule has 3 rings (SSSR count). The molecule has 0 aromatic heterocycles. The summed E-state index contributed by atoms with van der Waals surface area (Å²) in [6.45, 7) is 0.289. The first-order valence-electron chi connectivity index (χ1n) is 8.21. The van der Waals surface area contributed by atoms with E-state index in [1.54, 1.807) is 25.3 Å². The van der Waals surface area contributed by atoms with Crippen LogP contribution in [0.15, 0.2) is 41.4 Å². The number of methoxy groups -OCH3 is 1. The quantitative estimate of drug-likeness (QED) is 0.596. The third-order valence-corrected chi connectivity index (χ3v) is 4.37. The van der Waals surface area contributed by atoms with E-state index in [1.165, 1.54) is 24.0 Å². The number of guanidine groups is 1. The van der Waals surface area contributed by atoms with Crippen LogP contribution in [0, 0.1) is 0 Å². The molecular weight excluding hydrogens is 302 g/mol. The van der Waals surface area contributed by atoms with E-state index in [2.05, 4.69) is 16.4 Å². The second-order valence-corrected chi connectivity index (χ2v) is 5.97. The summed E-state index contributed by atoms with van der Waals surface area (Å²) >= 11 is 0. The van der Waals surface area contributed by atoms with Crippen LogP contribution in [0.25, 0.3) is 0 Å². The molecule has 2 aromatic carbocycles. The van der Waals surface area contributed by atoms with Crippen molar-refractivity contribution in [3.05, 3.63) is 53.1 Å². The van der Waals surface area contributed by atoms with Gasteiger partial charge in [-0.15, -0.1) is 0 Å². The van der Waals surface area contributed by atoms with E-state index in [0.29, 0.717) is 17.3 Å². The van der Waals surface area contributed by atoms with Crippen molar-refractivity contribution in [3.63, 3.8) is 0 Å². The lowest BCUT2D eigenvalue weighted by Gasteiger charge is -2.19. The van der Waals surface area contributed by atoms with Crippen molar-refractivity contribution in [2.45, 2.75) is 32.2 Å². The number of benzene rings is 2. The predicted octanol–water partition coefficient (Wildman–Crippen LogP) is 3.21. The van der Waals surface area contributed by atoms with Gasteiger partial charge in [0, 0.05) is 11.3 Å². The van der Waals surface area contributed by atoms with Crippen molar-refractivity contribution in [1.29, 1.82) is 0 Å². The summed E-state index contributed by atoms with van der Waals surface area (Å²) in [6, 6.07) is 11.3. The van der Waals surface area contributed by atoms with E-state index >= 15 is 0 Å². The van der Waals surface area contributed by atoms with Crippen molar-refractivity contribution in [3.8, 4) is 11.5 Å². The third-order valence-electron chi connectivity index (χ3n) is 4.37. The van der Waals surface area contributed by atoms with Crippen molar-refractivity contribution in [2.24, 2.45) is 10.7 Å². The molecule has 0 radical (unpaired) electrons. The first-order valence-corrected chi connectivity index (χ1v) is 8.21. The summed E-state index contributed by atoms with van der Waals surface area (Å²) in [6.07, 6.45) is 4.65. The van der Waals surface area contributed by atoms with Crippen molar-refractivity contribution < 1.29 is 9.84 Å². The molecule has 0 fully saturated rings. The number of hydrogen-bond acceptors (Lipinski definition) is 3. The Kier molecular flexibility index (Phi) is 4.89. The van der Waals surface area contributed by atoms with E-state index in [1.807, 2.05) is 12.1 Å². The molecule has 0 bridgehead atoms. The zero-order valence-electron chi connectivity index (χ0n) is 13.9. The standard InChI is InChI=1S/C19H23N3O2/c1-24-15-9-10-18(23)14(11-15)12-21-19(20)22-17-8-4-6-13-5-2-3-7-16(13)17/h4,6,8-11,23H,2-3,5,7,12H2,1H3,(H3,20,21,22). The minimum Gasteiger partial charge on any atom is -0.508 e. The van der Waals surface area contributed by atoms with Gasteiger partial charge < -0.3 is 20.9 Å². The molecule has 126 valence electrons. The van der Waals surface area contributed by atoms with Gasteiger partial charge in [-0.2, -0.15) is 0 Å². The smallest absolute Gasteiger partial charge is 0.193 e. The first kappa shape index (κ1) is 16.2. The summed E-state index contributed by atoms with van der Waals surface area (Å²) in [5, 5.41) is 13.1. The van der Waals surface area contributed by atoms with Gasteiger partial charge >= 0.3 is 0 Å². The molecule has 1 aliphatic rings. The van der Waals surface area contributed by atoms with E-state index < -0.39 is 0 Å². The van der Waals surface area contributed by atoms with Crippen LogP contribution in [0.5, 0.6) is 11.5 Å². The number of nitrogens with two attached hydrogens (primary N) is 1. The molecule has 1 aliphatic carbocycles. The van der Waals surface area contributed by atoms with E-state index in [0.717, 1.165) is 18.5 Å². The van der Waals surface area contributed by atoms with Crippen molar-refractivity contribution in [1.82, 2.24) is 0 Å². The number of phenols is 1. The molecule has 0 saturated carbocycles. The number of nitrogens with zero attached hydrogens (tertiary/aromatic N) is 1. The van der Waals surface area contributed by atoms with Crippen molar-refractivity contribution >= 4 is 11.6 Å². The zero-order chi connectivity index (χ0) is 16.9. The third kappa shape index (κ3) is 3.62.